The van der Waals surface area contributed by atoms with Crippen LogP contribution < -0.4 is 9.47 Å². The topological polar surface area (TPSA) is 30.8 Å². The molecule has 1 aliphatic heterocycles. The Labute approximate surface area is 141 Å². The molecular formula is C21H19NO2. The molecule has 0 N–H and O–H groups in total. The number of hydrogen-bond donors (Lipinski definition) is 0. The Balaban J connectivity index is 1.93. The first-order valence-corrected chi connectivity index (χ1v) is 8.09. The van der Waals surface area contributed by atoms with Gasteiger partial charge in [0.05, 0.1) is 19.9 Å². The monoisotopic (exact) mass is 317 g/mol. The van der Waals surface area contributed by atoms with Crippen molar-refractivity contribution in [1.29, 1.82) is 0 Å². The summed E-state index contributed by atoms with van der Waals surface area (Å²) in [5.74, 6) is 1.52. The van der Waals surface area contributed by atoms with Crippen LogP contribution in [-0.4, -0.2) is 26.5 Å². The second kappa shape index (κ2) is 6.00. The molecule has 0 unspecified atom stereocenters. The molecule has 0 spiro atoms. The number of rotatable bonds is 3. The van der Waals surface area contributed by atoms with Crippen LogP contribution in [0.2, 0.25) is 0 Å². The summed E-state index contributed by atoms with van der Waals surface area (Å²) >= 11 is 0. The third-order valence-electron chi connectivity index (χ3n) is 4.56. The maximum Gasteiger partial charge on any atom is 0.161 e. The summed E-state index contributed by atoms with van der Waals surface area (Å²) in [5.41, 5.74) is 4.59. The molecule has 120 valence electrons. The number of hydrogen-bond acceptors (Lipinski definition) is 3. The Bertz CT molecular complexity index is 938. The second-order valence-electron chi connectivity index (χ2n) is 5.87. The van der Waals surface area contributed by atoms with E-state index < -0.39 is 0 Å². The standard InChI is InChI=1S/C21H19NO2/c1-23-19-12-15-10-11-22-21(18(15)13-20(19)24-2)17-9-5-7-14-6-3-4-8-16(14)17/h3-9,12-13H,10-11H2,1-2H3. The summed E-state index contributed by atoms with van der Waals surface area (Å²) in [6.07, 6.45) is 0.921. The third kappa shape index (κ3) is 2.33. The number of nitrogens with zero attached hydrogens (tertiary/aromatic N) is 1. The van der Waals surface area contributed by atoms with Crippen LogP contribution in [-0.2, 0) is 6.42 Å². The Morgan fingerprint density at radius 2 is 1.58 bits per heavy atom. The van der Waals surface area contributed by atoms with Gasteiger partial charge < -0.3 is 9.47 Å². The zero-order valence-corrected chi connectivity index (χ0v) is 13.9. The van der Waals surface area contributed by atoms with E-state index in [0.717, 1.165) is 35.7 Å². The number of methoxy groups -OCH3 is 2. The Morgan fingerprint density at radius 3 is 2.42 bits per heavy atom. The van der Waals surface area contributed by atoms with E-state index in [1.54, 1.807) is 14.2 Å². The van der Waals surface area contributed by atoms with E-state index in [1.807, 2.05) is 6.07 Å². The average Bonchev–Trinajstić information content (AvgIpc) is 2.66. The molecule has 0 atom stereocenters. The maximum absolute atomic E-state index is 5.49. The molecule has 0 aromatic heterocycles. The molecule has 1 heterocycles. The van der Waals surface area contributed by atoms with Gasteiger partial charge in [-0.15, -0.1) is 0 Å². The van der Waals surface area contributed by atoms with Crippen LogP contribution in [0.5, 0.6) is 11.5 Å². The van der Waals surface area contributed by atoms with Crippen LogP contribution in [0.25, 0.3) is 10.8 Å². The first kappa shape index (κ1) is 14.8. The van der Waals surface area contributed by atoms with E-state index >= 15 is 0 Å². The van der Waals surface area contributed by atoms with Gasteiger partial charge in [-0.3, -0.25) is 4.99 Å². The first-order chi connectivity index (χ1) is 11.8. The van der Waals surface area contributed by atoms with Crippen LogP contribution in [0.15, 0.2) is 59.6 Å². The molecule has 0 amide bonds. The minimum Gasteiger partial charge on any atom is -0.493 e. The van der Waals surface area contributed by atoms with Crippen LogP contribution >= 0.6 is 0 Å². The highest BCUT2D eigenvalue weighted by Gasteiger charge is 2.20. The average molecular weight is 317 g/mol. The predicted molar refractivity (Wildman–Crippen MR) is 97.7 cm³/mol. The predicted octanol–water partition coefficient (Wildman–Crippen LogP) is 4.25. The lowest BCUT2D eigenvalue weighted by molar-refractivity contribution is 0.354. The van der Waals surface area contributed by atoms with Gasteiger partial charge in [-0.05, 0) is 34.9 Å². The highest BCUT2D eigenvalue weighted by molar-refractivity contribution is 6.20. The van der Waals surface area contributed by atoms with Gasteiger partial charge in [0.1, 0.15) is 0 Å². The fourth-order valence-corrected chi connectivity index (χ4v) is 3.38. The molecule has 0 bridgehead atoms. The Hall–Kier alpha value is -2.81. The fourth-order valence-electron chi connectivity index (χ4n) is 3.38. The molecule has 3 aromatic rings. The van der Waals surface area contributed by atoms with Crippen molar-refractivity contribution in [3.05, 3.63) is 71.3 Å². The summed E-state index contributed by atoms with van der Waals surface area (Å²) in [5, 5.41) is 2.45. The lowest BCUT2D eigenvalue weighted by Crippen LogP contribution is -2.15. The summed E-state index contributed by atoms with van der Waals surface area (Å²) in [6, 6.07) is 18.9. The molecule has 0 saturated heterocycles. The van der Waals surface area contributed by atoms with Crippen molar-refractivity contribution >= 4 is 16.5 Å². The van der Waals surface area contributed by atoms with E-state index in [4.69, 9.17) is 14.5 Å². The van der Waals surface area contributed by atoms with Crippen molar-refractivity contribution in [1.82, 2.24) is 0 Å². The molecule has 4 rings (SSSR count). The van der Waals surface area contributed by atoms with E-state index in [1.165, 1.54) is 21.9 Å². The van der Waals surface area contributed by atoms with Gasteiger partial charge in [0.25, 0.3) is 0 Å². The van der Waals surface area contributed by atoms with Crippen LogP contribution in [0, 0.1) is 0 Å². The minimum atomic E-state index is 0.742. The highest BCUT2D eigenvalue weighted by Crippen LogP contribution is 2.34. The van der Waals surface area contributed by atoms with Gasteiger partial charge >= 0.3 is 0 Å². The quantitative estimate of drug-likeness (QED) is 0.723. The largest absolute Gasteiger partial charge is 0.493 e. The molecule has 3 nitrogen and oxygen atoms in total. The van der Waals surface area contributed by atoms with Crippen LogP contribution in [0.1, 0.15) is 16.7 Å². The summed E-state index contributed by atoms with van der Waals surface area (Å²) in [6.45, 7) is 0.793. The number of aliphatic imine (C=N–C) groups is 1. The molecule has 24 heavy (non-hydrogen) atoms. The van der Waals surface area contributed by atoms with Crippen LogP contribution in [0.4, 0.5) is 0 Å². The molecule has 0 saturated carbocycles. The van der Waals surface area contributed by atoms with Gasteiger partial charge in [0.2, 0.25) is 0 Å². The fraction of sp³-hybridized carbons (Fsp3) is 0.190. The minimum absolute atomic E-state index is 0.742. The highest BCUT2D eigenvalue weighted by atomic mass is 16.5. The van der Waals surface area contributed by atoms with E-state index in [2.05, 4.69) is 48.5 Å². The van der Waals surface area contributed by atoms with Crippen molar-refractivity contribution in [2.75, 3.05) is 20.8 Å². The smallest absolute Gasteiger partial charge is 0.161 e. The molecule has 1 aliphatic rings. The van der Waals surface area contributed by atoms with Crippen molar-refractivity contribution in [3.63, 3.8) is 0 Å². The molecule has 0 fully saturated rings. The lowest BCUT2D eigenvalue weighted by Gasteiger charge is -2.21. The maximum atomic E-state index is 5.49. The van der Waals surface area contributed by atoms with Gasteiger partial charge in [0, 0.05) is 17.7 Å². The number of benzene rings is 3. The molecule has 0 aliphatic carbocycles. The van der Waals surface area contributed by atoms with Crippen molar-refractivity contribution in [3.8, 4) is 11.5 Å². The van der Waals surface area contributed by atoms with Gasteiger partial charge in [-0.1, -0.05) is 42.5 Å². The third-order valence-corrected chi connectivity index (χ3v) is 4.56. The van der Waals surface area contributed by atoms with Gasteiger partial charge in [-0.2, -0.15) is 0 Å². The van der Waals surface area contributed by atoms with E-state index in [0.29, 0.717) is 0 Å². The van der Waals surface area contributed by atoms with Gasteiger partial charge in [-0.25, -0.2) is 0 Å². The first-order valence-electron chi connectivity index (χ1n) is 8.09. The van der Waals surface area contributed by atoms with E-state index in [9.17, 15) is 0 Å². The summed E-state index contributed by atoms with van der Waals surface area (Å²) in [7, 11) is 3.34. The van der Waals surface area contributed by atoms with Crippen LogP contribution in [0.3, 0.4) is 0 Å². The zero-order valence-electron chi connectivity index (χ0n) is 13.9. The summed E-state index contributed by atoms with van der Waals surface area (Å²) < 4.78 is 10.9. The SMILES string of the molecule is COc1cc2c(cc1OC)C(c1cccc3ccccc13)=NCC2. The lowest BCUT2D eigenvalue weighted by atomic mass is 9.90. The Kier molecular flexibility index (Phi) is 3.69. The molecular weight excluding hydrogens is 298 g/mol. The van der Waals surface area contributed by atoms with Crippen molar-refractivity contribution < 1.29 is 9.47 Å². The molecule has 3 aromatic carbocycles. The van der Waals surface area contributed by atoms with Crippen molar-refractivity contribution in [2.45, 2.75) is 6.42 Å². The summed E-state index contributed by atoms with van der Waals surface area (Å²) in [4.78, 5) is 4.84. The van der Waals surface area contributed by atoms with Gasteiger partial charge in [0.15, 0.2) is 11.5 Å². The van der Waals surface area contributed by atoms with Crippen molar-refractivity contribution in [2.24, 2.45) is 4.99 Å². The normalized spacial score (nSPS) is 13.3. The molecule has 0 radical (unpaired) electrons. The number of fused-ring (bicyclic) bond motifs is 2. The Morgan fingerprint density at radius 1 is 0.833 bits per heavy atom. The number of ether oxygens (including phenoxy) is 2. The molecule has 3 heteroatoms. The van der Waals surface area contributed by atoms with E-state index in [-0.39, 0.29) is 0 Å². The zero-order chi connectivity index (χ0) is 16.5. The second-order valence-corrected chi connectivity index (χ2v) is 5.87.